The zero-order valence-corrected chi connectivity index (χ0v) is 11.6. The molecule has 2 atom stereocenters. The zero-order valence-electron chi connectivity index (χ0n) is 11.6. The molecule has 0 aliphatic carbocycles. The van der Waals surface area contributed by atoms with E-state index in [1.807, 2.05) is 30.3 Å². The van der Waals surface area contributed by atoms with Crippen molar-refractivity contribution in [1.29, 1.82) is 0 Å². The molecule has 6 heteroatoms. The number of nitrogens with one attached hydrogen (secondary N) is 2. The Morgan fingerprint density at radius 3 is 2.81 bits per heavy atom. The number of benzene rings is 1. The van der Waals surface area contributed by atoms with E-state index in [0.717, 1.165) is 5.56 Å². The van der Waals surface area contributed by atoms with Crippen LogP contribution in [-0.4, -0.2) is 30.9 Å². The van der Waals surface area contributed by atoms with E-state index in [9.17, 15) is 14.4 Å². The molecule has 2 rings (SSSR count). The predicted molar refractivity (Wildman–Crippen MR) is 75.3 cm³/mol. The lowest BCUT2D eigenvalue weighted by Gasteiger charge is -2.15. The van der Waals surface area contributed by atoms with Gasteiger partial charge in [-0.1, -0.05) is 30.3 Å². The van der Waals surface area contributed by atoms with Crippen LogP contribution >= 0.6 is 0 Å². The summed E-state index contributed by atoms with van der Waals surface area (Å²) in [5.74, 6) is -0.295. The molecule has 0 bridgehead atoms. The van der Waals surface area contributed by atoms with Gasteiger partial charge in [-0.15, -0.1) is 0 Å². The largest absolute Gasteiger partial charge is 0.445 e. The maximum Gasteiger partial charge on any atom is 0.408 e. The molecule has 1 aliphatic rings. The van der Waals surface area contributed by atoms with Gasteiger partial charge in [0.25, 0.3) is 0 Å². The molecule has 0 unspecified atom stereocenters. The summed E-state index contributed by atoms with van der Waals surface area (Å²) in [6.07, 6.45) is 0.962. The summed E-state index contributed by atoms with van der Waals surface area (Å²) in [6, 6.07) is 8.55. The molecule has 6 nitrogen and oxygen atoms in total. The number of carbonyl (C=O) groups is 3. The van der Waals surface area contributed by atoms with Gasteiger partial charge in [-0.3, -0.25) is 4.79 Å². The summed E-state index contributed by atoms with van der Waals surface area (Å²) < 4.78 is 5.04. The Balaban J connectivity index is 1.77. The Kier molecular flexibility index (Phi) is 5.31. The van der Waals surface area contributed by atoms with Gasteiger partial charge < -0.3 is 20.2 Å². The summed E-state index contributed by atoms with van der Waals surface area (Å²) in [5.41, 5.74) is 0.866. The van der Waals surface area contributed by atoms with Crippen molar-refractivity contribution in [2.45, 2.75) is 25.5 Å². The molecular weight excluding hydrogens is 272 g/mol. The first kappa shape index (κ1) is 15.0. The lowest BCUT2D eigenvalue weighted by molar-refractivity contribution is -0.122. The van der Waals surface area contributed by atoms with Crippen LogP contribution in [0.1, 0.15) is 18.4 Å². The molecular formula is C15H18N2O4. The van der Waals surface area contributed by atoms with Crippen LogP contribution in [0.2, 0.25) is 0 Å². The zero-order chi connectivity index (χ0) is 15.1. The van der Waals surface area contributed by atoms with Crippen LogP contribution in [0.4, 0.5) is 4.79 Å². The van der Waals surface area contributed by atoms with Crippen LogP contribution in [0.15, 0.2) is 30.3 Å². The topological polar surface area (TPSA) is 84.5 Å². The van der Waals surface area contributed by atoms with Gasteiger partial charge >= 0.3 is 6.09 Å². The summed E-state index contributed by atoms with van der Waals surface area (Å²) in [6.45, 7) is 0.760. The number of hydrogen-bond acceptors (Lipinski definition) is 4. The van der Waals surface area contributed by atoms with Crippen molar-refractivity contribution in [3.05, 3.63) is 35.9 Å². The molecule has 21 heavy (non-hydrogen) atoms. The van der Waals surface area contributed by atoms with Crippen LogP contribution in [0.5, 0.6) is 0 Å². The van der Waals surface area contributed by atoms with Crippen molar-refractivity contribution in [1.82, 2.24) is 10.6 Å². The molecule has 2 amide bonds. The third-order valence-corrected chi connectivity index (χ3v) is 3.38. The number of aldehydes is 1. The van der Waals surface area contributed by atoms with Gasteiger partial charge in [-0.05, 0) is 18.4 Å². The standard InChI is InChI=1S/C15H18N2O4/c18-9-13(8-12-6-7-16-14(12)19)17-15(20)21-10-11-4-2-1-3-5-11/h1-5,9,12-13H,6-8,10H2,(H,16,19)(H,17,20)/t12-,13-/m0/s1. The van der Waals surface area contributed by atoms with Crippen LogP contribution in [0, 0.1) is 5.92 Å². The van der Waals surface area contributed by atoms with Gasteiger partial charge in [0.2, 0.25) is 5.91 Å². The van der Waals surface area contributed by atoms with Crippen LogP contribution in [-0.2, 0) is 20.9 Å². The van der Waals surface area contributed by atoms with E-state index >= 15 is 0 Å². The highest BCUT2D eigenvalue weighted by atomic mass is 16.5. The van der Waals surface area contributed by atoms with Gasteiger partial charge in [-0.25, -0.2) is 4.79 Å². The number of rotatable bonds is 6. The third-order valence-electron chi connectivity index (χ3n) is 3.38. The lowest BCUT2D eigenvalue weighted by Crippen LogP contribution is -2.38. The highest BCUT2D eigenvalue weighted by Crippen LogP contribution is 2.15. The van der Waals surface area contributed by atoms with E-state index in [1.165, 1.54) is 0 Å². The van der Waals surface area contributed by atoms with Crippen LogP contribution in [0.3, 0.4) is 0 Å². The molecule has 0 aromatic heterocycles. The lowest BCUT2D eigenvalue weighted by atomic mass is 9.99. The Morgan fingerprint density at radius 2 is 2.19 bits per heavy atom. The fourth-order valence-electron chi connectivity index (χ4n) is 2.24. The molecule has 1 fully saturated rings. The average molecular weight is 290 g/mol. The smallest absolute Gasteiger partial charge is 0.408 e. The van der Waals surface area contributed by atoms with E-state index < -0.39 is 12.1 Å². The van der Waals surface area contributed by atoms with Gasteiger partial charge in [0.05, 0.1) is 6.04 Å². The van der Waals surface area contributed by atoms with Crippen molar-refractivity contribution in [2.24, 2.45) is 5.92 Å². The van der Waals surface area contributed by atoms with Crippen molar-refractivity contribution in [3.8, 4) is 0 Å². The Hall–Kier alpha value is -2.37. The fraction of sp³-hybridized carbons (Fsp3) is 0.400. The highest BCUT2D eigenvalue weighted by molar-refractivity contribution is 5.81. The molecule has 0 spiro atoms. The minimum absolute atomic E-state index is 0.0682. The highest BCUT2D eigenvalue weighted by Gasteiger charge is 2.27. The number of carbonyl (C=O) groups excluding carboxylic acids is 3. The number of hydrogen-bond donors (Lipinski definition) is 2. The van der Waals surface area contributed by atoms with E-state index in [0.29, 0.717) is 25.7 Å². The third kappa shape index (κ3) is 4.59. The fourth-order valence-corrected chi connectivity index (χ4v) is 2.24. The van der Waals surface area contributed by atoms with Crippen molar-refractivity contribution >= 4 is 18.3 Å². The summed E-state index contributed by atoms with van der Waals surface area (Å²) in [7, 11) is 0. The minimum atomic E-state index is -0.706. The molecule has 1 aromatic carbocycles. The van der Waals surface area contributed by atoms with Crippen molar-refractivity contribution in [3.63, 3.8) is 0 Å². The molecule has 0 radical (unpaired) electrons. The average Bonchev–Trinajstić information content (AvgIpc) is 2.90. The Morgan fingerprint density at radius 1 is 1.43 bits per heavy atom. The monoisotopic (exact) mass is 290 g/mol. The van der Waals surface area contributed by atoms with Crippen molar-refractivity contribution in [2.75, 3.05) is 6.54 Å². The number of alkyl carbamates (subject to hydrolysis) is 1. The second-order valence-electron chi connectivity index (χ2n) is 4.96. The van der Waals surface area contributed by atoms with E-state index in [2.05, 4.69) is 10.6 Å². The quantitative estimate of drug-likeness (QED) is 0.766. The van der Waals surface area contributed by atoms with Gasteiger partial charge in [-0.2, -0.15) is 0 Å². The van der Waals surface area contributed by atoms with Gasteiger partial charge in [0.15, 0.2) is 0 Å². The van der Waals surface area contributed by atoms with Crippen molar-refractivity contribution < 1.29 is 19.1 Å². The predicted octanol–water partition coefficient (Wildman–Crippen LogP) is 1.01. The first-order valence-electron chi connectivity index (χ1n) is 6.89. The SMILES string of the molecule is O=C[C@H](C[C@@H]1CCNC1=O)NC(=O)OCc1ccccc1. The first-order valence-corrected chi connectivity index (χ1v) is 6.89. The molecule has 1 heterocycles. The van der Waals surface area contributed by atoms with Gasteiger partial charge in [0.1, 0.15) is 12.9 Å². The first-order chi connectivity index (χ1) is 10.2. The van der Waals surface area contributed by atoms with Crippen LogP contribution in [0.25, 0.3) is 0 Å². The second-order valence-corrected chi connectivity index (χ2v) is 4.96. The maximum atomic E-state index is 11.6. The van der Waals surface area contributed by atoms with Gasteiger partial charge in [0, 0.05) is 12.5 Å². The Bertz CT molecular complexity index is 504. The van der Waals surface area contributed by atoms with E-state index in [4.69, 9.17) is 4.74 Å². The second kappa shape index (κ2) is 7.42. The van der Waals surface area contributed by atoms with E-state index in [1.54, 1.807) is 0 Å². The number of amides is 2. The summed E-state index contributed by atoms with van der Waals surface area (Å²) in [5, 5.41) is 5.18. The molecule has 0 saturated carbocycles. The molecule has 112 valence electrons. The number of ether oxygens (including phenoxy) is 1. The van der Waals surface area contributed by atoms with Crippen LogP contribution < -0.4 is 10.6 Å². The maximum absolute atomic E-state index is 11.6. The molecule has 2 N–H and O–H groups in total. The molecule has 1 aliphatic heterocycles. The van der Waals surface area contributed by atoms with E-state index in [-0.39, 0.29) is 18.4 Å². The molecule has 1 aromatic rings. The summed E-state index contributed by atoms with van der Waals surface area (Å²) >= 11 is 0. The molecule has 1 saturated heterocycles. The Labute approximate surface area is 122 Å². The summed E-state index contributed by atoms with van der Waals surface area (Å²) in [4.78, 5) is 34.1. The normalized spacial score (nSPS) is 18.7. The minimum Gasteiger partial charge on any atom is -0.445 e.